The Bertz CT molecular complexity index is 875. The third kappa shape index (κ3) is 6.94. The molecule has 2 atom stereocenters. The summed E-state index contributed by atoms with van der Waals surface area (Å²) in [6.45, 7) is 0.299. The number of carbonyl (C=O) groups is 2. The first-order valence-corrected chi connectivity index (χ1v) is 10.6. The van der Waals surface area contributed by atoms with Gasteiger partial charge in [0.25, 0.3) is 0 Å². The first kappa shape index (κ1) is 23.0. The van der Waals surface area contributed by atoms with Gasteiger partial charge in [0.15, 0.2) is 0 Å². The minimum Gasteiger partial charge on any atom is -0.480 e. The molecule has 0 bridgehead atoms. The zero-order valence-corrected chi connectivity index (χ0v) is 17.8. The first-order chi connectivity index (χ1) is 14.9. The molecule has 1 saturated carbocycles. The summed E-state index contributed by atoms with van der Waals surface area (Å²) in [6, 6.07) is 12.8. The average Bonchev–Trinajstić information content (AvgIpc) is 2.73. The molecule has 0 spiro atoms. The number of aliphatic carboxylic acids is 1. The maximum atomic E-state index is 13.9. The van der Waals surface area contributed by atoms with Gasteiger partial charge in [-0.2, -0.15) is 0 Å². The number of anilines is 2. The molecule has 0 aliphatic heterocycles. The molecule has 0 radical (unpaired) electrons. The van der Waals surface area contributed by atoms with Crippen LogP contribution in [0.1, 0.15) is 25.7 Å². The fourth-order valence-corrected chi connectivity index (χ4v) is 4.09. The van der Waals surface area contributed by atoms with E-state index in [2.05, 4.69) is 0 Å². The summed E-state index contributed by atoms with van der Waals surface area (Å²) in [7, 11) is 0. The highest BCUT2D eigenvalue weighted by atomic mass is 35.5. The Kier molecular flexibility index (Phi) is 8.26. The number of rotatable bonds is 8. The molecule has 8 heteroatoms. The Hall–Kier alpha value is -2.64. The molecule has 2 aromatic rings. The molecule has 31 heavy (non-hydrogen) atoms. The van der Waals surface area contributed by atoms with Crippen LogP contribution >= 0.6 is 11.6 Å². The Morgan fingerprint density at radius 3 is 2.45 bits per heavy atom. The van der Waals surface area contributed by atoms with Gasteiger partial charge in [-0.15, -0.1) is 0 Å². The molecule has 2 aromatic carbocycles. The van der Waals surface area contributed by atoms with E-state index in [9.17, 15) is 14.0 Å². The van der Waals surface area contributed by atoms with Crippen LogP contribution in [0.5, 0.6) is 0 Å². The number of carboxylic acid groups (broad SMARTS) is 1. The van der Waals surface area contributed by atoms with Crippen molar-refractivity contribution in [3.05, 3.63) is 59.4 Å². The van der Waals surface area contributed by atoms with Crippen LogP contribution in [0.3, 0.4) is 0 Å². The van der Waals surface area contributed by atoms with Crippen LogP contribution < -0.4 is 4.90 Å². The standard InChI is InChI=1S/C23H25ClFNO5/c24-18-10-19(25)12-21(11-18)26(20-7-2-1-3-8-20)23(29)31-14-17-6-4-5-16(9-17)13-30-15-22(27)28/h1-3,7-8,10-12,16-17H,4-6,9,13-15H2,(H,27,28). The van der Waals surface area contributed by atoms with Gasteiger partial charge in [-0.1, -0.05) is 36.2 Å². The van der Waals surface area contributed by atoms with Gasteiger partial charge in [-0.3, -0.25) is 0 Å². The smallest absolute Gasteiger partial charge is 0.418 e. The van der Waals surface area contributed by atoms with E-state index in [4.69, 9.17) is 26.2 Å². The summed E-state index contributed by atoms with van der Waals surface area (Å²) < 4.78 is 24.8. The molecule has 1 N–H and O–H groups in total. The lowest BCUT2D eigenvalue weighted by Gasteiger charge is -2.29. The van der Waals surface area contributed by atoms with Crippen LogP contribution in [0.25, 0.3) is 0 Å². The number of nitrogens with zero attached hydrogens (tertiary/aromatic N) is 1. The number of benzene rings is 2. The molecule has 1 aliphatic rings. The van der Waals surface area contributed by atoms with Crippen molar-refractivity contribution < 1.29 is 28.6 Å². The van der Waals surface area contributed by atoms with E-state index < -0.39 is 17.9 Å². The molecule has 0 saturated heterocycles. The van der Waals surface area contributed by atoms with Crippen molar-refractivity contribution in [3.8, 4) is 0 Å². The van der Waals surface area contributed by atoms with Crippen molar-refractivity contribution in [2.75, 3.05) is 24.7 Å². The number of carbonyl (C=O) groups excluding carboxylic acids is 1. The van der Waals surface area contributed by atoms with E-state index >= 15 is 0 Å². The van der Waals surface area contributed by atoms with Crippen LogP contribution in [0.4, 0.5) is 20.6 Å². The van der Waals surface area contributed by atoms with Crippen molar-refractivity contribution in [2.45, 2.75) is 25.7 Å². The van der Waals surface area contributed by atoms with Crippen LogP contribution in [-0.4, -0.2) is 37.0 Å². The average molecular weight is 450 g/mol. The molecule has 166 valence electrons. The Morgan fingerprint density at radius 2 is 1.77 bits per heavy atom. The summed E-state index contributed by atoms with van der Waals surface area (Å²) in [5.74, 6) is -1.14. The lowest BCUT2D eigenvalue weighted by atomic mass is 9.82. The van der Waals surface area contributed by atoms with Crippen LogP contribution in [0, 0.1) is 17.7 Å². The fourth-order valence-electron chi connectivity index (χ4n) is 3.88. The SMILES string of the molecule is O=C(O)COCC1CCCC(COC(=O)N(c2ccccc2)c2cc(F)cc(Cl)c2)C1. The Balaban J connectivity index is 1.65. The van der Waals surface area contributed by atoms with E-state index in [-0.39, 0.29) is 35.8 Å². The van der Waals surface area contributed by atoms with Gasteiger partial charge >= 0.3 is 12.1 Å². The molecule has 3 rings (SSSR count). The maximum Gasteiger partial charge on any atom is 0.418 e. The lowest BCUT2D eigenvalue weighted by Crippen LogP contribution is -2.30. The zero-order valence-electron chi connectivity index (χ0n) is 17.0. The predicted molar refractivity (Wildman–Crippen MR) is 115 cm³/mol. The second-order valence-corrected chi connectivity index (χ2v) is 8.12. The van der Waals surface area contributed by atoms with E-state index in [0.29, 0.717) is 12.3 Å². The topological polar surface area (TPSA) is 76.1 Å². The Morgan fingerprint density at radius 1 is 1.06 bits per heavy atom. The summed E-state index contributed by atoms with van der Waals surface area (Å²) >= 11 is 6.00. The second-order valence-electron chi connectivity index (χ2n) is 7.68. The van der Waals surface area contributed by atoms with Gasteiger partial charge in [0, 0.05) is 5.02 Å². The van der Waals surface area contributed by atoms with Crippen molar-refractivity contribution in [3.63, 3.8) is 0 Å². The van der Waals surface area contributed by atoms with Crippen molar-refractivity contribution in [1.29, 1.82) is 0 Å². The maximum absolute atomic E-state index is 13.9. The van der Waals surface area contributed by atoms with Crippen LogP contribution in [-0.2, 0) is 14.3 Å². The summed E-state index contributed by atoms with van der Waals surface area (Å²) in [6.07, 6.45) is 3.02. The largest absolute Gasteiger partial charge is 0.480 e. The molecule has 1 aliphatic carbocycles. The van der Waals surface area contributed by atoms with E-state index in [1.165, 1.54) is 23.1 Å². The second kappa shape index (κ2) is 11.1. The molecule has 6 nitrogen and oxygen atoms in total. The quantitative estimate of drug-likeness (QED) is 0.562. The number of para-hydroxylation sites is 1. The molecule has 1 amide bonds. The number of hydrogen-bond acceptors (Lipinski definition) is 4. The third-order valence-corrected chi connectivity index (χ3v) is 5.43. The number of amides is 1. The van der Waals surface area contributed by atoms with Gasteiger partial charge in [0.2, 0.25) is 0 Å². The minimum atomic E-state index is -0.986. The van der Waals surface area contributed by atoms with E-state index in [0.717, 1.165) is 25.7 Å². The van der Waals surface area contributed by atoms with Crippen LogP contribution in [0.15, 0.2) is 48.5 Å². The van der Waals surface area contributed by atoms with Crippen molar-refractivity contribution in [2.24, 2.45) is 11.8 Å². The number of halogens is 2. The van der Waals surface area contributed by atoms with E-state index in [1.807, 2.05) is 6.07 Å². The van der Waals surface area contributed by atoms with Crippen molar-refractivity contribution >= 4 is 35.0 Å². The van der Waals surface area contributed by atoms with Gasteiger partial charge in [-0.05, 0) is 61.4 Å². The minimum absolute atomic E-state index is 0.157. The van der Waals surface area contributed by atoms with Gasteiger partial charge in [-0.25, -0.2) is 18.9 Å². The third-order valence-electron chi connectivity index (χ3n) is 5.22. The molecular weight excluding hydrogens is 425 g/mol. The predicted octanol–water partition coefficient (Wildman–Crippen LogP) is 5.66. The van der Waals surface area contributed by atoms with Gasteiger partial charge < -0.3 is 14.6 Å². The lowest BCUT2D eigenvalue weighted by molar-refractivity contribution is -0.142. The monoisotopic (exact) mass is 449 g/mol. The number of hydrogen-bond donors (Lipinski definition) is 1. The highest BCUT2D eigenvalue weighted by molar-refractivity contribution is 6.31. The summed E-state index contributed by atoms with van der Waals surface area (Å²) in [5.41, 5.74) is 0.822. The summed E-state index contributed by atoms with van der Waals surface area (Å²) in [5, 5.41) is 8.88. The van der Waals surface area contributed by atoms with E-state index in [1.54, 1.807) is 24.3 Å². The molecule has 0 heterocycles. The van der Waals surface area contributed by atoms with Crippen LogP contribution in [0.2, 0.25) is 5.02 Å². The van der Waals surface area contributed by atoms with Gasteiger partial charge in [0.05, 0.1) is 24.6 Å². The summed E-state index contributed by atoms with van der Waals surface area (Å²) in [4.78, 5) is 24.9. The zero-order chi connectivity index (χ0) is 22.2. The number of ether oxygens (including phenoxy) is 2. The fraction of sp³-hybridized carbons (Fsp3) is 0.391. The molecule has 2 unspecified atom stereocenters. The highest BCUT2D eigenvalue weighted by Crippen LogP contribution is 2.32. The molecule has 0 aromatic heterocycles. The Labute approximate surface area is 185 Å². The normalized spacial score (nSPS) is 18.4. The molecular formula is C23H25ClFNO5. The van der Waals surface area contributed by atoms with Gasteiger partial charge in [0.1, 0.15) is 12.4 Å². The highest BCUT2D eigenvalue weighted by Gasteiger charge is 2.26. The van der Waals surface area contributed by atoms with Crippen molar-refractivity contribution in [1.82, 2.24) is 0 Å². The number of carboxylic acids is 1. The first-order valence-electron chi connectivity index (χ1n) is 10.2. The molecule has 1 fully saturated rings.